The number of hydrogen-bond donors (Lipinski definition) is 1. The van der Waals surface area contributed by atoms with Crippen molar-refractivity contribution in [3.8, 4) is 0 Å². The molecule has 0 radical (unpaired) electrons. The van der Waals surface area contributed by atoms with Crippen LogP contribution in [0.3, 0.4) is 0 Å². The number of likely N-dealkylation sites (N-methyl/N-ethyl adjacent to an activating group) is 1. The van der Waals surface area contributed by atoms with Crippen molar-refractivity contribution < 1.29 is 18.7 Å². The highest BCUT2D eigenvalue weighted by Crippen LogP contribution is 2.34. The number of benzene rings is 1. The summed E-state index contributed by atoms with van der Waals surface area (Å²) in [5.41, 5.74) is 0.122. The van der Waals surface area contributed by atoms with Crippen molar-refractivity contribution in [3.05, 3.63) is 35.4 Å². The van der Waals surface area contributed by atoms with Gasteiger partial charge >= 0.3 is 0 Å². The number of amides is 1. The van der Waals surface area contributed by atoms with Gasteiger partial charge in [0.05, 0.1) is 18.7 Å². The van der Waals surface area contributed by atoms with Crippen molar-refractivity contribution in [2.75, 3.05) is 20.1 Å². The standard InChI is InChI=1S/C16H22F2N2O2/c1-10(2)19(3)9-16(22)20-8-12(21)7-15(20)13-6-11(17)4-5-14(13)18/h4-6,10,12,15,21H,7-9H2,1-3H3/t12-,15-/m1/s1. The van der Waals surface area contributed by atoms with Crippen molar-refractivity contribution in [1.82, 2.24) is 9.80 Å². The van der Waals surface area contributed by atoms with Crippen molar-refractivity contribution in [2.24, 2.45) is 0 Å². The summed E-state index contributed by atoms with van der Waals surface area (Å²) < 4.78 is 27.4. The molecule has 1 N–H and O–H groups in total. The number of hydrogen-bond acceptors (Lipinski definition) is 3. The molecule has 0 bridgehead atoms. The first kappa shape index (κ1) is 16.8. The lowest BCUT2D eigenvalue weighted by molar-refractivity contribution is -0.133. The SMILES string of the molecule is CC(C)N(C)CC(=O)N1C[C@H](O)C[C@@H]1c1cc(F)ccc1F. The Balaban J connectivity index is 2.22. The molecule has 1 heterocycles. The second-order valence-electron chi connectivity index (χ2n) is 6.13. The number of likely N-dealkylation sites (tertiary alicyclic amines) is 1. The molecule has 0 aliphatic carbocycles. The number of aliphatic hydroxyl groups excluding tert-OH is 1. The fraction of sp³-hybridized carbons (Fsp3) is 0.562. The first-order valence-electron chi connectivity index (χ1n) is 7.42. The van der Waals surface area contributed by atoms with E-state index in [9.17, 15) is 18.7 Å². The smallest absolute Gasteiger partial charge is 0.237 e. The Kier molecular flexibility index (Phi) is 5.13. The molecule has 6 heteroatoms. The van der Waals surface area contributed by atoms with Crippen LogP contribution in [0.15, 0.2) is 18.2 Å². The van der Waals surface area contributed by atoms with Gasteiger partial charge in [-0.3, -0.25) is 9.69 Å². The van der Waals surface area contributed by atoms with Gasteiger partial charge in [0, 0.05) is 18.2 Å². The van der Waals surface area contributed by atoms with Gasteiger partial charge in [-0.1, -0.05) is 0 Å². The summed E-state index contributed by atoms with van der Waals surface area (Å²) in [6, 6.07) is 2.77. The Morgan fingerprint density at radius 3 is 2.77 bits per heavy atom. The molecule has 22 heavy (non-hydrogen) atoms. The molecule has 0 unspecified atom stereocenters. The summed E-state index contributed by atoms with van der Waals surface area (Å²) in [6.07, 6.45) is -0.502. The van der Waals surface area contributed by atoms with E-state index in [0.29, 0.717) is 0 Å². The van der Waals surface area contributed by atoms with Gasteiger partial charge in [0.25, 0.3) is 0 Å². The summed E-state index contributed by atoms with van der Waals surface area (Å²) in [4.78, 5) is 15.8. The van der Waals surface area contributed by atoms with Crippen LogP contribution in [0, 0.1) is 11.6 Å². The van der Waals surface area contributed by atoms with Crippen LogP contribution >= 0.6 is 0 Å². The van der Waals surface area contributed by atoms with Crippen LogP contribution in [0.1, 0.15) is 31.9 Å². The maximum atomic E-state index is 14.0. The highest BCUT2D eigenvalue weighted by atomic mass is 19.1. The van der Waals surface area contributed by atoms with E-state index in [0.717, 1.165) is 18.2 Å². The molecule has 0 spiro atoms. The van der Waals surface area contributed by atoms with Gasteiger partial charge in [-0.15, -0.1) is 0 Å². The molecule has 1 aromatic rings. The molecule has 2 rings (SSSR count). The molecule has 122 valence electrons. The van der Waals surface area contributed by atoms with Crippen LogP contribution in [0.4, 0.5) is 8.78 Å². The highest BCUT2D eigenvalue weighted by molar-refractivity contribution is 5.79. The molecule has 1 amide bonds. The molecule has 1 aromatic carbocycles. The Bertz CT molecular complexity index is 551. The zero-order chi connectivity index (χ0) is 16.4. The van der Waals surface area contributed by atoms with Gasteiger partial charge in [0.2, 0.25) is 5.91 Å². The summed E-state index contributed by atoms with van der Waals surface area (Å²) in [6.45, 7) is 4.26. The number of halogens is 2. The molecule has 1 saturated heterocycles. The van der Waals surface area contributed by atoms with Crippen molar-refractivity contribution in [1.29, 1.82) is 0 Å². The van der Waals surface area contributed by atoms with Crippen LogP contribution < -0.4 is 0 Å². The third kappa shape index (κ3) is 3.62. The predicted octanol–water partition coefficient (Wildman–Crippen LogP) is 1.94. The summed E-state index contributed by atoms with van der Waals surface area (Å²) >= 11 is 0. The molecule has 1 aliphatic heterocycles. The summed E-state index contributed by atoms with van der Waals surface area (Å²) in [5, 5.41) is 9.86. The van der Waals surface area contributed by atoms with E-state index >= 15 is 0 Å². The lowest BCUT2D eigenvalue weighted by Crippen LogP contribution is -2.41. The minimum atomic E-state index is -0.721. The van der Waals surface area contributed by atoms with Crippen LogP contribution in [0.25, 0.3) is 0 Å². The zero-order valence-electron chi connectivity index (χ0n) is 13.1. The number of β-amino-alcohol motifs (C(OH)–C–C–N with tert-alkyl or cyclic N) is 1. The second-order valence-corrected chi connectivity index (χ2v) is 6.13. The molecular formula is C16H22F2N2O2. The van der Waals surface area contributed by atoms with E-state index in [1.165, 1.54) is 4.90 Å². The fourth-order valence-corrected chi connectivity index (χ4v) is 2.64. The first-order chi connectivity index (χ1) is 10.3. The second kappa shape index (κ2) is 6.71. The van der Waals surface area contributed by atoms with Crippen LogP contribution in [-0.2, 0) is 4.79 Å². The molecule has 0 aromatic heterocycles. The average Bonchev–Trinajstić information content (AvgIpc) is 2.83. The largest absolute Gasteiger partial charge is 0.391 e. The quantitative estimate of drug-likeness (QED) is 0.924. The van der Waals surface area contributed by atoms with Gasteiger partial charge in [0.15, 0.2) is 0 Å². The predicted molar refractivity (Wildman–Crippen MR) is 79.2 cm³/mol. The third-order valence-electron chi connectivity index (χ3n) is 4.18. The Labute approximate surface area is 129 Å². The van der Waals surface area contributed by atoms with E-state index in [2.05, 4.69) is 0 Å². The Morgan fingerprint density at radius 1 is 1.45 bits per heavy atom. The lowest BCUT2D eigenvalue weighted by atomic mass is 10.0. The monoisotopic (exact) mass is 312 g/mol. The van der Waals surface area contributed by atoms with E-state index in [1.54, 1.807) is 0 Å². The number of nitrogens with zero attached hydrogens (tertiary/aromatic N) is 2. The normalized spacial score (nSPS) is 21.9. The minimum absolute atomic E-state index is 0.122. The van der Waals surface area contributed by atoms with Gasteiger partial charge in [-0.25, -0.2) is 8.78 Å². The van der Waals surface area contributed by atoms with E-state index < -0.39 is 23.8 Å². The minimum Gasteiger partial charge on any atom is -0.391 e. The van der Waals surface area contributed by atoms with E-state index in [4.69, 9.17) is 0 Å². The fourth-order valence-electron chi connectivity index (χ4n) is 2.64. The summed E-state index contributed by atoms with van der Waals surface area (Å²) in [7, 11) is 1.83. The third-order valence-corrected chi connectivity index (χ3v) is 4.18. The Hall–Kier alpha value is -1.53. The molecule has 1 fully saturated rings. The number of carbonyl (C=O) groups is 1. The van der Waals surface area contributed by atoms with Gasteiger partial charge in [-0.2, -0.15) is 0 Å². The van der Waals surface area contributed by atoms with E-state index in [-0.39, 0.29) is 37.0 Å². The summed E-state index contributed by atoms with van der Waals surface area (Å²) in [5.74, 6) is -1.30. The maximum Gasteiger partial charge on any atom is 0.237 e. The number of aliphatic hydroxyl groups is 1. The molecule has 4 nitrogen and oxygen atoms in total. The molecular weight excluding hydrogens is 290 g/mol. The maximum absolute atomic E-state index is 14.0. The average molecular weight is 312 g/mol. The molecule has 2 atom stereocenters. The Morgan fingerprint density at radius 2 is 2.14 bits per heavy atom. The first-order valence-corrected chi connectivity index (χ1v) is 7.42. The number of carbonyl (C=O) groups excluding carboxylic acids is 1. The van der Waals surface area contributed by atoms with Crippen molar-refractivity contribution >= 4 is 5.91 Å². The van der Waals surface area contributed by atoms with Crippen LogP contribution in [0.2, 0.25) is 0 Å². The van der Waals surface area contributed by atoms with Gasteiger partial charge in [0.1, 0.15) is 11.6 Å². The van der Waals surface area contributed by atoms with Crippen molar-refractivity contribution in [2.45, 2.75) is 38.5 Å². The number of rotatable bonds is 4. The van der Waals surface area contributed by atoms with Crippen LogP contribution in [0.5, 0.6) is 0 Å². The zero-order valence-corrected chi connectivity index (χ0v) is 13.1. The highest BCUT2D eigenvalue weighted by Gasteiger charge is 2.37. The van der Waals surface area contributed by atoms with Gasteiger partial charge < -0.3 is 10.0 Å². The van der Waals surface area contributed by atoms with Crippen molar-refractivity contribution in [3.63, 3.8) is 0 Å². The van der Waals surface area contributed by atoms with E-state index in [1.807, 2.05) is 25.8 Å². The van der Waals surface area contributed by atoms with Gasteiger partial charge in [-0.05, 0) is 45.5 Å². The van der Waals surface area contributed by atoms with Crippen LogP contribution in [-0.4, -0.2) is 53.1 Å². The molecule has 1 aliphatic rings. The topological polar surface area (TPSA) is 43.8 Å². The lowest BCUT2D eigenvalue weighted by Gasteiger charge is -2.28. The molecule has 0 saturated carbocycles.